The molecule has 0 saturated carbocycles. The minimum Gasteiger partial charge on any atom is -0.309 e. The van der Waals surface area contributed by atoms with Crippen molar-refractivity contribution in [1.29, 1.82) is 0 Å². The molecule has 3 heterocycles. The Hall–Kier alpha value is -3.36. The molecule has 1 atom stereocenters. The van der Waals surface area contributed by atoms with Crippen molar-refractivity contribution >= 4 is 23.6 Å². The molecule has 1 saturated heterocycles. The molecule has 1 fully saturated rings. The van der Waals surface area contributed by atoms with Gasteiger partial charge in [0.15, 0.2) is 0 Å². The van der Waals surface area contributed by atoms with Gasteiger partial charge in [-0.3, -0.25) is 29.4 Å². The van der Waals surface area contributed by atoms with Gasteiger partial charge in [0, 0.05) is 32.6 Å². The van der Waals surface area contributed by atoms with Crippen LogP contribution in [0.15, 0.2) is 36.4 Å². The molecule has 2 aromatic rings. The Morgan fingerprint density at radius 2 is 1.71 bits per heavy atom. The van der Waals surface area contributed by atoms with Crippen LogP contribution < -0.4 is 16.0 Å². The number of fused-ring (bicyclic) bond motifs is 2. The van der Waals surface area contributed by atoms with Crippen molar-refractivity contribution in [1.82, 2.24) is 20.9 Å². The van der Waals surface area contributed by atoms with Crippen molar-refractivity contribution in [2.45, 2.75) is 45.1 Å². The maximum atomic E-state index is 13.1. The van der Waals surface area contributed by atoms with Crippen molar-refractivity contribution in [3.63, 3.8) is 0 Å². The third-order valence-corrected chi connectivity index (χ3v) is 6.17. The smallest absolute Gasteiger partial charge is 0.262 e. The minimum atomic E-state index is -0.953. The topological polar surface area (TPSA) is 108 Å². The van der Waals surface area contributed by atoms with E-state index in [1.54, 1.807) is 12.1 Å². The van der Waals surface area contributed by atoms with E-state index in [0.717, 1.165) is 23.6 Å². The van der Waals surface area contributed by atoms with Gasteiger partial charge in [-0.15, -0.1) is 0 Å². The van der Waals surface area contributed by atoms with E-state index in [4.69, 9.17) is 0 Å². The lowest BCUT2D eigenvalue weighted by Gasteiger charge is -2.27. The number of nitrogens with zero attached hydrogens (tertiary/aromatic N) is 1. The van der Waals surface area contributed by atoms with Gasteiger partial charge in [-0.25, -0.2) is 0 Å². The van der Waals surface area contributed by atoms with Gasteiger partial charge in [0.2, 0.25) is 11.8 Å². The molecule has 0 spiro atoms. The summed E-state index contributed by atoms with van der Waals surface area (Å²) >= 11 is 0. The maximum absolute atomic E-state index is 13.1. The summed E-state index contributed by atoms with van der Waals surface area (Å²) in [5.41, 5.74) is 5.19. The van der Waals surface area contributed by atoms with E-state index >= 15 is 0 Å². The number of amides is 4. The van der Waals surface area contributed by atoms with Gasteiger partial charge in [-0.2, -0.15) is 0 Å². The van der Waals surface area contributed by atoms with Crippen LogP contribution in [0.25, 0.3) is 0 Å². The fraction of sp³-hybridized carbons (Fsp3) is 0.304. The lowest BCUT2D eigenvalue weighted by molar-refractivity contribution is -0.136. The van der Waals surface area contributed by atoms with Gasteiger partial charge in [0.05, 0.1) is 11.1 Å². The number of hydrogen-bond acceptors (Lipinski definition) is 6. The van der Waals surface area contributed by atoms with E-state index in [1.165, 1.54) is 16.7 Å². The van der Waals surface area contributed by atoms with Crippen LogP contribution in [0.3, 0.4) is 0 Å². The van der Waals surface area contributed by atoms with Crippen molar-refractivity contribution in [3.05, 3.63) is 69.8 Å². The number of carbonyl (C=O) groups is 4. The highest BCUT2D eigenvalue weighted by Crippen LogP contribution is 2.30. The zero-order valence-corrected chi connectivity index (χ0v) is 16.9. The average molecular weight is 418 g/mol. The van der Waals surface area contributed by atoms with Crippen molar-refractivity contribution in [2.24, 2.45) is 0 Å². The average Bonchev–Trinajstić information content (AvgIpc) is 3.33. The monoisotopic (exact) mass is 418 g/mol. The summed E-state index contributed by atoms with van der Waals surface area (Å²) in [5.74, 6) is -1.94. The molecule has 0 radical (unpaired) electrons. The zero-order valence-electron chi connectivity index (χ0n) is 16.9. The van der Waals surface area contributed by atoms with E-state index in [9.17, 15) is 19.2 Å². The van der Waals surface area contributed by atoms with Crippen LogP contribution in [0.1, 0.15) is 55.8 Å². The number of carbonyl (C=O) groups excluding carboxylic acids is 4. The molecule has 8 heteroatoms. The summed E-state index contributed by atoms with van der Waals surface area (Å²) in [6.07, 6.45) is 0.255. The van der Waals surface area contributed by atoms with Crippen LogP contribution in [-0.4, -0.2) is 34.6 Å². The Bertz CT molecular complexity index is 1130. The molecular weight excluding hydrogens is 396 g/mol. The van der Waals surface area contributed by atoms with Gasteiger partial charge in [-0.1, -0.05) is 30.3 Å². The quantitative estimate of drug-likeness (QED) is 0.625. The number of nitrogens with one attached hydrogen (secondary N) is 3. The number of rotatable bonds is 5. The number of hydrogen-bond donors (Lipinski definition) is 3. The van der Waals surface area contributed by atoms with Crippen molar-refractivity contribution in [2.75, 3.05) is 0 Å². The molecule has 1 unspecified atom stereocenters. The van der Waals surface area contributed by atoms with Gasteiger partial charge >= 0.3 is 0 Å². The van der Waals surface area contributed by atoms with E-state index in [2.05, 4.69) is 28.1 Å². The largest absolute Gasteiger partial charge is 0.309 e. The molecule has 0 bridgehead atoms. The van der Waals surface area contributed by atoms with E-state index in [-0.39, 0.29) is 18.7 Å². The van der Waals surface area contributed by atoms with Gasteiger partial charge < -0.3 is 10.6 Å². The Morgan fingerprint density at radius 1 is 0.935 bits per heavy atom. The predicted octanol–water partition coefficient (Wildman–Crippen LogP) is 0.981. The van der Waals surface area contributed by atoms with Crippen molar-refractivity contribution < 1.29 is 19.2 Å². The van der Waals surface area contributed by atoms with E-state index in [1.807, 2.05) is 12.1 Å². The lowest BCUT2D eigenvalue weighted by atomic mass is 10.0. The number of imide groups is 2. The summed E-state index contributed by atoms with van der Waals surface area (Å²) in [6, 6.07) is 10.5. The molecule has 31 heavy (non-hydrogen) atoms. The Labute approximate surface area is 179 Å². The summed E-state index contributed by atoms with van der Waals surface area (Å²) in [5, 5.41) is 8.96. The molecule has 4 amide bonds. The highest BCUT2D eigenvalue weighted by molar-refractivity contribution is 6.24. The molecule has 8 nitrogen and oxygen atoms in total. The maximum Gasteiger partial charge on any atom is 0.262 e. The second-order valence-electron chi connectivity index (χ2n) is 8.05. The molecule has 158 valence electrons. The van der Waals surface area contributed by atoms with Crippen LogP contribution in [0.2, 0.25) is 0 Å². The third-order valence-electron chi connectivity index (χ3n) is 6.17. The van der Waals surface area contributed by atoms with Gasteiger partial charge in [0.1, 0.15) is 6.04 Å². The van der Waals surface area contributed by atoms with Crippen LogP contribution in [0, 0.1) is 0 Å². The normalized spacial score (nSPS) is 20.1. The SMILES string of the molecule is O=C1CCC(N2C(=O)c3cccc(CNCc4cccc5c4CNC5)c3C2=O)C(=O)N1. The van der Waals surface area contributed by atoms with Crippen LogP contribution in [0.5, 0.6) is 0 Å². The first-order valence-electron chi connectivity index (χ1n) is 10.4. The highest BCUT2D eigenvalue weighted by atomic mass is 16.2. The summed E-state index contributed by atoms with van der Waals surface area (Å²) < 4.78 is 0. The second kappa shape index (κ2) is 7.72. The molecule has 3 aliphatic rings. The lowest BCUT2D eigenvalue weighted by Crippen LogP contribution is -2.54. The Morgan fingerprint density at radius 3 is 2.55 bits per heavy atom. The first kappa shape index (κ1) is 19.6. The van der Waals surface area contributed by atoms with E-state index < -0.39 is 23.8 Å². The minimum absolute atomic E-state index is 0.106. The van der Waals surface area contributed by atoms with Gasteiger partial charge in [0.25, 0.3) is 11.8 Å². The van der Waals surface area contributed by atoms with Gasteiger partial charge in [-0.05, 0) is 34.7 Å². The number of piperidine rings is 1. The zero-order chi connectivity index (χ0) is 21.5. The number of benzene rings is 2. The first-order chi connectivity index (χ1) is 15.0. The van der Waals surface area contributed by atoms with Crippen LogP contribution in [0.4, 0.5) is 0 Å². The standard InChI is InChI=1S/C23H22N4O4/c28-19-8-7-18(21(29)26-19)27-22(30)16-6-2-5-15(20(16)23(27)31)11-24-9-13-3-1-4-14-10-25-12-17(13)14/h1-6,18,24-25H,7-12H2,(H,26,28,29). The van der Waals surface area contributed by atoms with E-state index in [0.29, 0.717) is 24.2 Å². The molecule has 0 aromatic heterocycles. The summed E-state index contributed by atoms with van der Waals surface area (Å²) in [6.45, 7) is 2.79. The third kappa shape index (κ3) is 3.34. The molecule has 3 aliphatic heterocycles. The van der Waals surface area contributed by atoms with Crippen LogP contribution in [-0.2, 0) is 35.8 Å². The first-order valence-corrected chi connectivity index (χ1v) is 10.4. The molecule has 0 aliphatic carbocycles. The predicted molar refractivity (Wildman–Crippen MR) is 111 cm³/mol. The molecule has 3 N–H and O–H groups in total. The second-order valence-corrected chi connectivity index (χ2v) is 8.05. The molecular formula is C23H22N4O4. The Balaban J connectivity index is 1.34. The van der Waals surface area contributed by atoms with Crippen LogP contribution >= 0.6 is 0 Å². The molecule has 2 aromatic carbocycles. The van der Waals surface area contributed by atoms with Crippen molar-refractivity contribution in [3.8, 4) is 0 Å². The fourth-order valence-electron chi connectivity index (χ4n) is 4.63. The fourth-order valence-corrected chi connectivity index (χ4v) is 4.63. The summed E-state index contributed by atoms with van der Waals surface area (Å²) in [7, 11) is 0. The molecule has 5 rings (SSSR count). The Kier molecular flexibility index (Phi) is 4.88. The summed E-state index contributed by atoms with van der Waals surface area (Å²) in [4.78, 5) is 50.8. The highest BCUT2D eigenvalue weighted by Gasteiger charge is 2.45.